The van der Waals surface area contributed by atoms with E-state index in [0.29, 0.717) is 0 Å². The van der Waals surface area contributed by atoms with E-state index in [4.69, 9.17) is 0 Å². The van der Waals surface area contributed by atoms with Crippen LogP contribution >= 0.6 is 0 Å². The molecule has 254 valence electrons. The summed E-state index contributed by atoms with van der Waals surface area (Å²) in [6.07, 6.45) is 7.30. The number of para-hydroxylation sites is 3. The smallest absolute Gasteiger partial charge is 0.0649 e. The molecule has 0 fully saturated rings. The fourth-order valence-electron chi connectivity index (χ4n) is 9.21. The summed E-state index contributed by atoms with van der Waals surface area (Å²) in [5.41, 5.74) is 17.5. The van der Waals surface area contributed by atoms with Crippen molar-refractivity contribution in [3.05, 3.63) is 217 Å². The van der Waals surface area contributed by atoms with Crippen molar-refractivity contribution in [2.24, 2.45) is 0 Å². The summed E-state index contributed by atoms with van der Waals surface area (Å²) in [4.78, 5) is 5.05. The Labute approximate surface area is 312 Å². The van der Waals surface area contributed by atoms with Crippen molar-refractivity contribution in [1.29, 1.82) is 0 Å². The van der Waals surface area contributed by atoms with E-state index < -0.39 is 0 Å². The number of anilines is 4. The predicted octanol–water partition coefficient (Wildman–Crippen LogP) is 13.2. The van der Waals surface area contributed by atoms with Crippen molar-refractivity contribution in [1.82, 2.24) is 0 Å². The number of rotatable bonds is 6. The fourth-order valence-corrected chi connectivity index (χ4v) is 9.21. The van der Waals surface area contributed by atoms with Gasteiger partial charge in [0.2, 0.25) is 0 Å². The zero-order valence-electron chi connectivity index (χ0n) is 30.0. The van der Waals surface area contributed by atoms with E-state index >= 15 is 0 Å². The molecule has 2 aliphatic carbocycles. The Morgan fingerprint density at radius 2 is 1.13 bits per heavy atom. The van der Waals surface area contributed by atoms with Gasteiger partial charge in [-0.2, -0.15) is 0 Å². The lowest BCUT2D eigenvalue weighted by Crippen LogP contribution is -2.31. The van der Waals surface area contributed by atoms with E-state index in [-0.39, 0.29) is 17.4 Å². The molecule has 2 nitrogen and oxygen atoms in total. The summed E-state index contributed by atoms with van der Waals surface area (Å²) >= 11 is 0. The minimum absolute atomic E-state index is 0.115. The molecule has 10 rings (SSSR count). The first-order valence-electron chi connectivity index (χ1n) is 18.7. The standard InChI is InChI=1S/C51H40N2/c1-51(2)46-27-15-12-25-41(46)45-33-39(32-44(50(45)51)36-20-8-4-9-21-36)52(47-28-16-13-24-40(47)35-18-6-3-7-19-35)38-30-31-43-42-26-14-17-29-48(42)53(49(43)34-38)37-22-10-5-11-23-37/h3-34,43,49H,1-2H3. The van der Waals surface area contributed by atoms with Crippen LogP contribution in [0.2, 0.25) is 0 Å². The largest absolute Gasteiger partial charge is 0.333 e. The predicted molar refractivity (Wildman–Crippen MR) is 222 cm³/mol. The normalized spacial score (nSPS) is 17.4. The summed E-state index contributed by atoms with van der Waals surface area (Å²) in [5.74, 6) is 0.244. The van der Waals surface area contributed by atoms with Gasteiger partial charge in [0.15, 0.2) is 0 Å². The summed E-state index contributed by atoms with van der Waals surface area (Å²) in [5, 5.41) is 0. The molecule has 0 spiro atoms. The minimum atomic E-state index is -0.147. The van der Waals surface area contributed by atoms with Crippen LogP contribution in [0.5, 0.6) is 0 Å². The van der Waals surface area contributed by atoms with E-state index in [1.54, 1.807) is 0 Å². The van der Waals surface area contributed by atoms with Crippen LogP contribution < -0.4 is 9.80 Å². The Hall–Kier alpha value is -6.38. The quantitative estimate of drug-likeness (QED) is 0.172. The molecule has 53 heavy (non-hydrogen) atoms. The van der Waals surface area contributed by atoms with Crippen molar-refractivity contribution in [3.63, 3.8) is 0 Å². The Morgan fingerprint density at radius 3 is 1.89 bits per heavy atom. The maximum Gasteiger partial charge on any atom is 0.0649 e. The topological polar surface area (TPSA) is 6.48 Å². The molecule has 0 amide bonds. The van der Waals surface area contributed by atoms with Gasteiger partial charge in [0.1, 0.15) is 0 Å². The van der Waals surface area contributed by atoms with Crippen LogP contribution in [0.15, 0.2) is 200 Å². The van der Waals surface area contributed by atoms with Gasteiger partial charge in [-0.25, -0.2) is 0 Å². The third kappa shape index (κ3) is 5.01. The molecule has 1 aliphatic heterocycles. The van der Waals surface area contributed by atoms with Crippen molar-refractivity contribution >= 4 is 22.7 Å². The van der Waals surface area contributed by atoms with Crippen LogP contribution in [-0.2, 0) is 5.41 Å². The average Bonchev–Trinajstić information content (AvgIpc) is 3.67. The first-order chi connectivity index (χ1) is 26.1. The molecular formula is C51H40N2. The van der Waals surface area contributed by atoms with Crippen LogP contribution in [0.25, 0.3) is 33.4 Å². The molecule has 7 aromatic carbocycles. The maximum absolute atomic E-state index is 2.53. The molecule has 2 unspecified atom stereocenters. The minimum Gasteiger partial charge on any atom is -0.333 e. The monoisotopic (exact) mass is 680 g/mol. The highest BCUT2D eigenvalue weighted by Crippen LogP contribution is 2.55. The second-order valence-electron chi connectivity index (χ2n) is 14.9. The van der Waals surface area contributed by atoms with Crippen molar-refractivity contribution in [2.45, 2.75) is 31.2 Å². The fraction of sp³-hybridized carbons (Fsp3) is 0.0980. The van der Waals surface area contributed by atoms with Gasteiger partial charge in [0.25, 0.3) is 0 Å². The van der Waals surface area contributed by atoms with Crippen molar-refractivity contribution in [2.75, 3.05) is 9.80 Å². The van der Waals surface area contributed by atoms with Gasteiger partial charge in [0, 0.05) is 39.7 Å². The number of nitrogens with zero attached hydrogens (tertiary/aromatic N) is 2. The van der Waals surface area contributed by atoms with Crippen LogP contribution in [0.1, 0.15) is 36.5 Å². The van der Waals surface area contributed by atoms with Gasteiger partial charge in [-0.3, -0.25) is 0 Å². The number of allylic oxidation sites excluding steroid dienone is 1. The van der Waals surface area contributed by atoms with Gasteiger partial charge in [-0.05, 0) is 93.1 Å². The van der Waals surface area contributed by atoms with Gasteiger partial charge in [-0.1, -0.05) is 159 Å². The second-order valence-corrected chi connectivity index (χ2v) is 14.9. The molecule has 0 aromatic heterocycles. The lowest BCUT2D eigenvalue weighted by molar-refractivity contribution is 0.662. The zero-order valence-corrected chi connectivity index (χ0v) is 30.0. The van der Waals surface area contributed by atoms with Crippen molar-refractivity contribution < 1.29 is 0 Å². The van der Waals surface area contributed by atoms with E-state index in [2.05, 4.69) is 218 Å². The molecule has 0 saturated heterocycles. The molecule has 0 radical (unpaired) electrons. The third-order valence-electron chi connectivity index (χ3n) is 11.5. The summed E-state index contributed by atoms with van der Waals surface area (Å²) in [6, 6.07) is 64.4. The maximum atomic E-state index is 2.53. The highest BCUT2D eigenvalue weighted by molar-refractivity contribution is 5.94. The van der Waals surface area contributed by atoms with Crippen LogP contribution in [0, 0.1) is 0 Å². The molecule has 0 saturated carbocycles. The Kier molecular flexibility index (Phi) is 7.33. The van der Waals surface area contributed by atoms with E-state index in [9.17, 15) is 0 Å². The van der Waals surface area contributed by atoms with Crippen LogP contribution in [0.4, 0.5) is 22.7 Å². The van der Waals surface area contributed by atoms with E-state index in [1.807, 2.05) is 0 Å². The zero-order chi connectivity index (χ0) is 35.5. The third-order valence-corrected chi connectivity index (χ3v) is 11.5. The van der Waals surface area contributed by atoms with Crippen LogP contribution in [-0.4, -0.2) is 6.04 Å². The first-order valence-corrected chi connectivity index (χ1v) is 18.7. The molecule has 2 atom stereocenters. The summed E-state index contributed by atoms with van der Waals surface area (Å²) < 4.78 is 0. The summed E-state index contributed by atoms with van der Waals surface area (Å²) in [7, 11) is 0. The highest BCUT2D eigenvalue weighted by atomic mass is 15.2. The molecule has 3 aliphatic rings. The second kappa shape index (κ2) is 12.4. The van der Waals surface area contributed by atoms with E-state index in [1.165, 1.54) is 61.4 Å². The molecule has 2 heteroatoms. The number of benzene rings is 7. The Bertz CT molecular complexity index is 2550. The molecule has 1 heterocycles. The molecule has 0 bridgehead atoms. The van der Waals surface area contributed by atoms with Crippen LogP contribution in [0.3, 0.4) is 0 Å². The first kappa shape index (κ1) is 31.4. The van der Waals surface area contributed by atoms with Crippen molar-refractivity contribution in [3.8, 4) is 33.4 Å². The van der Waals surface area contributed by atoms with E-state index in [0.717, 1.165) is 17.1 Å². The number of fused-ring (bicyclic) bond motifs is 6. The Morgan fingerprint density at radius 1 is 0.547 bits per heavy atom. The van der Waals surface area contributed by atoms with Gasteiger partial charge < -0.3 is 9.80 Å². The molecule has 0 N–H and O–H groups in total. The summed E-state index contributed by atoms with van der Waals surface area (Å²) in [6.45, 7) is 4.77. The number of hydrogen-bond donors (Lipinski definition) is 0. The highest BCUT2D eigenvalue weighted by Gasteiger charge is 2.41. The van der Waals surface area contributed by atoms with Gasteiger partial charge in [0.05, 0.1) is 11.7 Å². The van der Waals surface area contributed by atoms with Gasteiger partial charge in [-0.15, -0.1) is 0 Å². The average molecular weight is 681 g/mol. The number of hydrogen-bond acceptors (Lipinski definition) is 2. The lowest BCUT2D eigenvalue weighted by atomic mass is 9.78. The molecule has 7 aromatic rings. The Balaban J connectivity index is 1.24. The van der Waals surface area contributed by atoms with Gasteiger partial charge >= 0.3 is 0 Å². The lowest BCUT2D eigenvalue weighted by Gasteiger charge is -2.35. The molecular weight excluding hydrogens is 641 g/mol. The SMILES string of the molecule is CC1(C)c2ccccc2-c2cc(N(C3=CC4C(C=C3)c3ccccc3N4c3ccccc3)c3ccccc3-c3ccccc3)cc(-c3ccccc3)c21.